The molecule has 1 saturated carbocycles. The fraction of sp³-hybridized carbons (Fsp3) is 0.364. The number of H-pyrrole nitrogens is 2. The van der Waals surface area contributed by atoms with Crippen LogP contribution < -0.4 is 17.0 Å². The highest BCUT2D eigenvalue weighted by Crippen LogP contribution is 2.40. The molecule has 0 saturated heterocycles. The van der Waals surface area contributed by atoms with E-state index in [0.29, 0.717) is 0 Å². The molecule has 2 unspecified atom stereocenters. The third-order valence-electron chi connectivity index (χ3n) is 6.17. The average Bonchev–Trinajstić information content (AvgIpc) is 3.32. The minimum atomic E-state index is -1.83. The van der Waals surface area contributed by atoms with Gasteiger partial charge in [0.05, 0.1) is 18.8 Å². The molecule has 0 spiro atoms. The Balaban J connectivity index is 1.44. The standard InChI is InChI=1S/C22H23N5O6/c23-11-22(27-6-5-17(28)26-21(27)32)8-13(18(29)19(22)30)10-33-20(31)15(24)7-12-9-25-16-4-2-1-3-14(12)16/h1-6,9,13,15,18-19,25,29-30H,7-8,10,24H2,(H,26,28,32)/t13-,15-,18?,19?,22+/m1/s1. The van der Waals surface area contributed by atoms with Gasteiger partial charge in [-0.15, -0.1) is 0 Å². The fourth-order valence-electron chi connectivity index (χ4n) is 4.39. The highest BCUT2D eigenvalue weighted by atomic mass is 16.5. The van der Waals surface area contributed by atoms with E-state index in [-0.39, 0.29) is 19.4 Å². The molecule has 0 bridgehead atoms. The summed E-state index contributed by atoms with van der Waals surface area (Å²) in [5.74, 6) is -1.53. The van der Waals surface area contributed by atoms with Gasteiger partial charge in [0.2, 0.25) is 0 Å². The summed E-state index contributed by atoms with van der Waals surface area (Å²) in [7, 11) is 0. The lowest BCUT2D eigenvalue weighted by Gasteiger charge is -2.27. The molecule has 1 aromatic carbocycles. The zero-order valence-corrected chi connectivity index (χ0v) is 17.5. The van der Waals surface area contributed by atoms with Crippen molar-refractivity contribution in [1.29, 1.82) is 5.26 Å². The number of ether oxygens (including phenoxy) is 1. The topological polar surface area (TPSA) is 187 Å². The summed E-state index contributed by atoms with van der Waals surface area (Å²) in [6.45, 7) is -0.305. The highest BCUT2D eigenvalue weighted by molar-refractivity contribution is 5.84. The van der Waals surface area contributed by atoms with Gasteiger partial charge >= 0.3 is 11.7 Å². The van der Waals surface area contributed by atoms with Crippen molar-refractivity contribution in [2.45, 2.75) is 36.6 Å². The molecule has 1 aliphatic rings. The molecule has 2 heterocycles. The number of hydrogen-bond acceptors (Lipinski definition) is 8. The molecule has 11 heteroatoms. The second-order valence-corrected chi connectivity index (χ2v) is 8.22. The van der Waals surface area contributed by atoms with Crippen LogP contribution in [-0.4, -0.2) is 55.6 Å². The van der Waals surface area contributed by atoms with Crippen LogP contribution in [0.3, 0.4) is 0 Å². The lowest BCUT2D eigenvalue weighted by molar-refractivity contribution is -0.147. The second-order valence-electron chi connectivity index (χ2n) is 8.22. The number of aromatic amines is 2. The third-order valence-corrected chi connectivity index (χ3v) is 6.17. The Hall–Kier alpha value is -3.72. The van der Waals surface area contributed by atoms with Crippen molar-refractivity contribution in [1.82, 2.24) is 14.5 Å². The summed E-state index contributed by atoms with van der Waals surface area (Å²) >= 11 is 0. The van der Waals surface area contributed by atoms with E-state index in [4.69, 9.17) is 10.5 Å². The SMILES string of the molecule is N#C[C@@]1(n2ccc(=O)[nH]c2=O)C[C@H](COC(=O)[C@H](N)Cc2c[nH]c3ccccc23)C(O)C1O. The molecule has 6 N–H and O–H groups in total. The van der Waals surface area contributed by atoms with Crippen molar-refractivity contribution < 1.29 is 19.7 Å². The van der Waals surface area contributed by atoms with Crippen LogP contribution in [0, 0.1) is 17.2 Å². The lowest BCUT2D eigenvalue weighted by Crippen LogP contribution is -2.49. The number of carbonyl (C=O) groups is 1. The first-order valence-electron chi connectivity index (χ1n) is 10.3. The number of nitrogens with zero attached hydrogens (tertiary/aromatic N) is 2. The van der Waals surface area contributed by atoms with E-state index in [1.54, 1.807) is 6.20 Å². The quantitative estimate of drug-likeness (QED) is 0.297. The number of aromatic nitrogens is 3. The molecule has 11 nitrogen and oxygen atoms in total. The van der Waals surface area contributed by atoms with Crippen LogP contribution in [0.25, 0.3) is 10.9 Å². The number of esters is 1. The van der Waals surface area contributed by atoms with Crippen LogP contribution in [-0.2, 0) is 21.5 Å². The summed E-state index contributed by atoms with van der Waals surface area (Å²) in [4.78, 5) is 41.2. The van der Waals surface area contributed by atoms with Gasteiger partial charge in [-0.3, -0.25) is 19.1 Å². The first kappa shape index (κ1) is 22.5. The molecular formula is C22H23N5O6. The van der Waals surface area contributed by atoms with Gasteiger partial charge < -0.3 is 25.7 Å². The Morgan fingerprint density at radius 3 is 2.82 bits per heavy atom. The zero-order valence-electron chi connectivity index (χ0n) is 17.5. The number of nitriles is 1. The Bertz CT molecular complexity index is 1340. The molecule has 2 aromatic heterocycles. The molecule has 172 valence electrons. The van der Waals surface area contributed by atoms with Crippen molar-refractivity contribution in [3.8, 4) is 6.07 Å². The number of nitrogens with one attached hydrogen (secondary N) is 2. The van der Waals surface area contributed by atoms with Gasteiger partial charge in [-0.1, -0.05) is 18.2 Å². The lowest BCUT2D eigenvalue weighted by atomic mass is 9.95. The smallest absolute Gasteiger partial charge is 0.329 e. The van der Waals surface area contributed by atoms with Gasteiger partial charge in [-0.25, -0.2) is 4.79 Å². The van der Waals surface area contributed by atoms with Gasteiger partial charge in [0.15, 0.2) is 5.54 Å². The maximum atomic E-state index is 12.5. The average molecular weight is 453 g/mol. The summed E-state index contributed by atoms with van der Waals surface area (Å²) < 4.78 is 6.17. The molecule has 0 amide bonds. The van der Waals surface area contributed by atoms with Crippen LogP contribution in [0.5, 0.6) is 0 Å². The molecule has 33 heavy (non-hydrogen) atoms. The van der Waals surface area contributed by atoms with Crippen molar-refractivity contribution in [2.24, 2.45) is 11.7 Å². The Morgan fingerprint density at radius 1 is 1.33 bits per heavy atom. The van der Waals surface area contributed by atoms with Gasteiger partial charge in [-0.2, -0.15) is 5.26 Å². The van der Waals surface area contributed by atoms with Gasteiger partial charge in [0.1, 0.15) is 12.1 Å². The van der Waals surface area contributed by atoms with E-state index >= 15 is 0 Å². The van der Waals surface area contributed by atoms with Crippen molar-refractivity contribution in [2.75, 3.05) is 6.61 Å². The number of carbonyl (C=O) groups excluding carboxylic acids is 1. The molecule has 4 rings (SSSR count). The van der Waals surface area contributed by atoms with Crippen LogP contribution in [0.4, 0.5) is 0 Å². The maximum Gasteiger partial charge on any atom is 0.329 e. The zero-order chi connectivity index (χ0) is 23.8. The van der Waals surface area contributed by atoms with Gasteiger partial charge in [0.25, 0.3) is 5.56 Å². The van der Waals surface area contributed by atoms with Crippen molar-refractivity contribution in [3.05, 3.63) is 69.1 Å². The minimum absolute atomic E-state index is 0.178. The Kier molecular flexibility index (Phi) is 5.90. The monoisotopic (exact) mass is 453 g/mol. The summed E-state index contributed by atoms with van der Waals surface area (Å²) in [6.07, 6.45) is -0.170. The Morgan fingerprint density at radius 2 is 2.09 bits per heavy atom. The summed E-state index contributed by atoms with van der Waals surface area (Å²) in [5, 5.41) is 31.8. The third kappa shape index (κ3) is 3.95. The molecule has 3 aromatic rings. The van der Waals surface area contributed by atoms with E-state index in [1.807, 2.05) is 35.3 Å². The minimum Gasteiger partial charge on any atom is -0.464 e. The number of nitrogens with two attached hydrogens (primary N) is 1. The van der Waals surface area contributed by atoms with Crippen LogP contribution >= 0.6 is 0 Å². The van der Waals surface area contributed by atoms with E-state index < -0.39 is 46.9 Å². The van der Waals surface area contributed by atoms with Crippen LogP contribution in [0.2, 0.25) is 0 Å². The predicted octanol–water partition coefficient (Wildman–Crippen LogP) is -0.908. The predicted molar refractivity (Wildman–Crippen MR) is 116 cm³/mol. The maximum absolute atomic E-state index is 12.5. The summed E-state index contributed by atoms with van der Waals surface area (Å²) in [6, 6.07) is 9.55. The van der Waals surface area contributed by atoms with E-state index in [0.717, 1.165) is 33.3 Å². The molecule has 1 fully saturated rings. The van der Waals surface area contributed by atoms with Crippen molar-refractivity contribution in [3.63, 3.8) is 0 Å². The first-order chi connectivity index (χ1) is 15.8. The molecular weight excluding hydrogens is 430 g/mol. The molecule has 0 aliphatic heterocycles. The van der Waals surface area contributed by atoms with Gasteiger partial charge in [0, 0.05) is 41.7 Å². The number of para-hydroxylation sites is 1. The van der Waals surface area contributed by atoms with E-state index in [1.165, 1.54) is 0 Å². The number of rotatable bonds is 6. The van der Waals surface area contributed by atoms with Crippen molar-refractivity contribution >= 4 is 16.9 Å². The van der Waals surface area contributed by atoms with Crippen LogP contribution in [0.1, 0.15) is 12.0 Å². The largest absolute Gasteiger partial charge is 0.464 e. The summed E-state index contributed by atoms with van der Waals surface area (Å²) in [5.41, 5.74) is 4.41. The number of benzene rings is 1. The number of hydrogen-bond donors (Lipinski definition) is 5. The van der Waals surface area contributed by atoms with Crippen LogP contribution in [0.15, 0.2) is 52.3 Å². The highest BCUT2D eigenvalue weighted by Gasteiger charge is 2.55. The molecule has 1 aliphatic carbocycles. The van der Waals surface area contributed by atoms with Gasteiger partial charge in [-0.05, 0) is 18.1 Å². The number of aliphatic hydroxyl groups excluding tert-OH is 2. The fourth-order valence-corrected chi connectivity index (χ4v) is 4.39. The number of aliphatic hydroxyl groups is 2. The molecule has 0 radical (unpaired) electrons. The Labute approximate surface area is 187 Å². The molecule has 5 atom stereocenters. The normalized spacial score (nSPS) is 25.6. The first-order valence-corrected chi connectivity index (χ1v) is 10.3. The second kappa shape index (κ2) is 8.67. The number of fused-ring (bicyclic) bond motifs is 1. The van der Waals surface area contributed by atoms with E-state index in [9.17, 15) is 29.9 Å². The van der Waals surface area contributed by atoms with E-state index in [2.05, 4.69) is 4.98 Å².